The van der Waals surface area contributed by atoms with E-state index in [-0.39, 0.29) is 0 Å². The van der Waals surface area contributed by atoms with E-state index in [2.05, 4.69) is 21.4 Å². The monoisotopic (exact) mass is 334 g/mol. The van der Waals surface area contributed by atoms with E-state index in [0.717, 1.165) is 12.1 Å². The van der Waals surface area contributed by atoms with Crippen LogP contribution >= 0.6 is 15.9 Å². The summed E-state index contributed by atoms with van der Waals surface area (Å²) in [5.41, 5.74) is 2.06. The number of hydrazine groups is 1. The molecule has 1 atom stereocenters. The van der Waals surface area contributed by atoms with E-state index in [9.17, 15) is 13.2 Å². The molecule has 1 aromatic carbocycles. The number of nitrogens with two attached hydrogens (primary N) is 1. The van der Waals surface area contributed by atoms with Gasteiger partial charge in [-0.25, -0.2) is 5.43 Å². The van der Waals surface area contributed by atoms with E-state index < -0.39 is 17.8 Å². The third-order valence-electron chi connectivity index (χ3n) is 2.63. The van der Waals surface area contributed by atoms with Gasteiger partial charge in [0.05, 0.1) is 11.8 Å². The highest BCUT2D eigenvalue weighted by Crippen LogP contribution is 2.35. The molecule has 7 heteroatoms. The molecule has 0 aliphatic rings. The van der Waals surface area contributed by atoms with Gasteiger partial charge in [-0.05, 0) is 35.9 Å². The molecule has 19 heavy (non-hydrogen) atoms. The van der Waals surface area contributed by atoms with Crippen molar-refractivity contribution in [2.24, 2.45) is 5.84 Å². The summed E-state index contributed by atoms with van der Waals surface area (Å²) in [6.45, 7) is 0. The van der Waals surface area contributed by atoms with Gasteiger partial charge in [0.15, 0.2) is 0 Å². The highest BCUT2D eigenvalue weighted by molar-refractivity contribution is 9.10. The van der Waals surface area contributed by atoms with E-state index in [0.29, 0.717) is 15.8 Å². The van der Waals surface area contributed by atoms with Crippen LogP contribution in [0.5, 0.6) is 0 Å². The Morgan fingerprint density at radius 1 is 1.26 bits per heavy atom. The van der Waals surface area contributed by atoms with E-state index >= 15 is 0 Å². The van der Waals surface area contributed by atoms with E-state index in [1.165, 1.54) is 12.3 Å². The Hall–Kier alpha value is -1.31. The molecule has 0 aliphatic heterocycles. The molecule has 0 fully saturated rings. The lowest BCUT2D eigenvalue weighted by Gasteiger charge is -2.17. The second kappa shape index (κ2) is 5.36. The quantitative estimate of drug-likeness (QED) is 0.665. The van der Waals surface area contributed by atoms with Gasteiger partial charge in [0, 0.05) is 4.47 Å². The predicted octanol–water partition coefficient (Wildman–Crippen LogP) is 3.61. The van der Waals surface area contributed by atoms with Crippen LogP contribution in [0.3, 0.4) is 0 Å². The highest BCUT2D eigenvalue weighted by Gasteiger charge is 2.32. The third-order valence-corrected chi connectivity index (χ3v) is 3.35. The van der Waals surface area contributed by atoms with Gasteiger partial charge in [-0.15, -0.1) is 0 Å². The van der Waals surface area contributed by atoms with Crippen molar-refractivity contribution in [3.05, 3.63) is 58.0 Å². The van der Waals surface area contributed by atoms with Crippen LogP contribution in [-0.4, -0.2) is 0 Å². The Balaban J connectivity index is 2.48. The molecule has 0 bridgehead atoms. The molecule has 0 amide bonds. The second-order valence-corrected chi connectivity index (χ2v) is 4.70. The van der Waals surface area contributed by atoms with Crippen LogP contribution in [0.2, 0.25) is 0 Å². The predicted molar refractivity (Wildman–Crippen MR) is 67.0 cm³/mol. The fraction of sp³-hybridized carbons (Fsp3) is 0.167. The lowest BCUT2D eigenvalue weighted by Crippen LogP contribution is -2.29. The summed E-state index contributed by atoms with van der Waals surface area (Å²) in [5.74, 6) is 5.84. The average molecular weight is 335 g/mol. The number of rotatable bonds is 3. The lowest BCUT2D eigenvalue weighted by atomic mass is 10.0. The fourth-order valence-corrected chi connectivity index (χ4v) is 2.20. The Morgan fingerprint density at radius 2 is 2.00 bits per heavy atom. The maximum absolute atomic E-state index is 12.7. The van der Waals surface area contributed by atoms with Crippen molar-refractivity contribution in [3.63, 3.8) is 0 Å². The summed E-state index contributed by atoms with van der Waals surface area (Å²) in [4.78, 5) is 0. The summed E-state index contributed by atoms with van der Waals surface area (Å²) in [6.07, 6.45) is -2.97. The van der Waals surface area contributed by atoms with Gasteiger partial charge in [0.2, 0.25) is 0 Å². The molecule has 0 aliphatic carbocycles. The normalized spacial score (nSPS) is 13.5. The van der Waals surface area contributed by atoms with Gasteiger partial charge in [0.25, 0.3) is 0 Å². The first-order valence-corrected chi connectivity index (χ1v) is 6.09. The van der Waals surface area contributed by atoms with Crippen LogP contribution in [0.15, 0.2) is 45.5 Å². The van der Waals surface area contributed by atoms with Crippen molar-refractivity contribution in [3.8, 4) is 0 Å². The molecular weight excluding hydrogens is 325 g/mol. The van der Waals surface area contributed by atoms with Crippen LogP contribution in [0.25, 0.3) is 0 Å². The van der Waals surface area contributed by atoms with Gasteiger partial charge in [-0.3, -0.25) is 5.84 Å². The zero-order chi connectivity index (χ0) is 14.0. The third kappa shape index (κ3) is 2.99. The minimum absolute atomic E-state index is 0.354. The molecule has 1 heterocycles. The van der Waals surface area contributed by atoms with E-state index in [1.54, 1.807) is 12.1 Å². The van der Waals surface area contributed by atoms with Crippen molar-refractivity contribution < 1.29 is 17.6 Å². The van der Waals surface area contributed by atoms with Crippen molar-refractivity contribution in [1.82, 2.24) is 5.43 Å². The Kier molecular flexibility index (Phi) is 3.98. The van der Waals surface area contributed by atoms with Gasteiger partial charge in [-0.2, -0.15) is 13.2 Å². The van der Waals surface area contributed by atoms with Gasteiger partial charge in [-0.1, -0.05) is 15.9 Å². The Bertz CT molecular complexity index is 555. The molecule has 1 aromatic heterocycles. The maximum atomic E-state index is 12.7. The summed E-state index contributed by atoms with van der Waals surface area (Å²) < 4.78 is 43.8. The number of halogens is 4. The summed E-state index contributed by atoms with van der Waals surface area (Å²) >= 11 is 3.22. The molecule has 0 saturated carbocycles. The Labute approximate surface area is 115 Å². The van der Waals surface area contributed by atoms with Gasteiger partial charge >= 0.3 is 6.18 Å². The van der Waals surface area contributed by atoms with Crippen molar-refractivity contribution in [1.29, 1.82) is 0 Å². The molecule has 3 N–H and O–H groups in total. The van der Waals surface area contributed by atoms with E-state index in [4.69, 9.17) is 10.3 Å². The Morgan fingerprint density at radius 3 is 2.53 bits per heavy atom. The van der Waals surface area contributed by atoms with Gasteiger partial charge in [0.1, 0.15) is 11.8 Å². The van der Waals surface area contributed by atoms with Crippen LogP contribution < -0.4 is 11.3 Å². The van der Waals surface area contributed by atoms with Crippen molar-refractivity contribution in [2.75, 3.05) is 0 Å². The van der Waals surface area contributed by atoms with Crippen LogP contribution in [0, 0.1) is 0 Å². The number of alkyl halides is 3. The first-order chi connectivity index (χ1) is 8.93. The van der Waals surface area contributed by atoms with E-state index in [1.807, 2.05) is 0 Å². The highest BCUT2D eigenvalue weighted by atomic mass is 79.9. The smallest absolute Gasteiger partial charge is 0.416 e. The van der Waals surface area contributed by atoms with Crippen molar-refractivity contribution >= 4 is 15.9 Å². The minimum atomic E-state index is -4.40. The van der Waals surface area contributed by atoms with Crippen LogP contribution in [-0.2, 0) is 6.18 Å². The molecule has 2 aromatic rings. The summed E-state index contributed by atoms with van der Waals surface area (Å²) in [5, 5.41) is 0. The topological polar surface area (TPSA) is 51.2 Å². The molecule has 1 unspecified atom stereocenters. The standard InChI is InChI=1S/C12H10BrF3N2O/c13-9-4-3-7(12(14,15)16)6-8(9)11(18-17)10-2-1-5-19-10/h1-6,11,18H,17H2. The average Bonchev–Trinajstić information content (AvgIpc) is 2.84. The molecule has 2 rings (SSSR count). The largest absolute Gasteiger partial charge is 0.467 e. The summed E-state index contributed by atoms with van der Waals surface area (Å²) in [7, 11) is 0. The first-order valence-electron chi connectivity index (χ1n) is 5.29. The number of hydrogen-bond acceptors (Lipinski definition) is 3. The fourth-order valence-electron chi connectivity index (χ4n) is 1.72. The number of benzene rings is 1. The first kappa shape index (κ1) is 14.1. The molecule has 0 radical (unpaired) electrons. The SMILES string of the molecule is NNC(c1ccco1)c1cc(C(F)(F)F)ccc1Br. The number of hydrogen-bond donors (Lipinski definition) is 2. The number of nitrogens with one attached hydrogen (secondary N) is 1. The van der Waals surface area contributed by atoms with Gasteiger partial charge < -0.3 is 4.42 Å². The zero-order valence-corrected chi connectivity index (χ0v) is 11.1. The molecule has 102 valence electrons. The minimum Gasteiger partial charge on any atom is -0.467 e. The zero-order valence-electron chi connectivity index (χ0n) is 9.54. The van der Waals surface area contributed by atoms with Crippen molar-refractivity contribution in [2.45, 2.75) is 12.2 Å². The molecule has 3 nitrogen and oxygen atoms in total. The summed E-state index contributed by atoms with van der Waals surface area (Å²) in [6, 6.07) is 6.00. The van der Waals surface area contributed by atoms with Crippen LogP contribution in [0.1, 0.15) is 22.9 Å². The maximum Gasteiger partial charge on any atom is 0.416 e. The second-order valence-electron chi connectivity index (χ2n) is 3.85. The molecular formula is C12H10BrF3N2O. The lowest BCUT2D eigenvalue weighted by molar-refractivity contribution is -0.137. The number of furan rings is 1. The molecule has 0 saturated heterocycles. The molecule has 0 spiro atoms. The van der Waals surface area contributed by atoms with Crippen LogP contribution in [0.4, 0.5) is 13.2 Å².